The van der Waals surface area contributed by atoms with E-state index in [2.05, 4.69) is 35.6 Å². The molecule has 32 heavy (non-hydrogen) atoms. The predicted octanol–water partition coefficient (Wildman–Crippen LogP) is 2.72. The van der Waals surface area contributed by atoms with Crippen LogP contribution in [-0.2, 0) is 17.8 Å². The van der Waals surface area contributed by atoms with Crippen LogP contribution >= 0.6 is 11.6 Å². The standard InChI is InChI=1S/C22H22ClN7O2/c1-32-21(31)27-9-15-8-16(23)5-6-17(15)30-19(10-27)25-26-20(30)29-13-22(14-29)11-28(12-22)18-4-2-3-7-24-18/h2-8H,9-14H2,1H3. The van der Waals surface area contributed by atoms with Gasteiger partial charge >= 0.3 is 6.09 Å². The smallest absolute Gasteiger partial charge is 0.410 e. The molecule has 9 nitrogen and oxygen atoms in total. The summed E-state index contributed by atoms with van der Waals surface area (Å²) < 4.78 is 7.02. The monoisotopic (exact) mass is 451 g/mol. The SMILES string of the molecule is COC(=O)N1Cc2cc(Cl)ccc2-n2c(nnc2N2CC3(CN(c4ccccn4)C3)C2)C1. The third kappa shape index (κ3) is 2.99. The second-order valence-corrected chi connectivity index (χ2v) is 9.19. The highest BCUT2D eigenvalue weighted by Gasteiger charge is 2.53. The van der Waals surface area contributed by atoms with Crippen LogP contribution < -0.4 is 9.80 Å². The Labute approximate surface area is 190 Å². The largest absolute Gasteiger partial charge is 0.453 e. The molecule has 2 fully saturated rings. The summed E-state index contributed by atoms with van der Waals surface area (Å²) in [7, 11) is 1.38. The number of fused-ring (bicyclic) bond motifs is 3. The van der Waals surface area contributed by atoms with Gasteiger partial charge in [0.1, 0.15) is 5.82 Å². The first-order valence-corrected chi connectivity index (χ1v) is 10.9. The fourth-order valence-corrected chi connectivity index (χ4v) is 5.22. The number of carbonyl (C=O) groups excluding carboxylic acids is 1. The number of ether oxygens (including phenoxy) is 1. The van der Waals surface area contributed by atoms with E-state index in [0.29, 0.717) is 23.9 Å². The molecule has 0 saturated carbocycles. The summed E-state index contributed by atoms with van der Waals surface area (Å²) in [5, 5.41) is 9.56. The molecule has 3 aromatic rings. The normalized spacial score (nSPS) is 18.4. The van der Waals surface area contributed by atoms with Gasteiger partial charge in [0.15, 0.2) is 5.82 Å². The Morgan fingerprint density at radius 1 is 1.06 bits per heavy atom. The van der Waals surface area contributed by atoms with Crippen molar-refractivity contribution < 1.29 is 9.53 Å². The van der Waals surface area contributed by atoms with Crippen LogP contribution in [0, 0.1) is 5.41 Å². The number of carbonyl (C=O) groups is 1. The minimum Gasteiger partial charge on any atom is -0.453 e. The van der Waals surface area contributed by atoms with Gasteiger partial charge in [-0.25, -0.2) is 9.78 Å². The summed E-state index contributed by atoms with van der Waals surface area (Å²) in [5.74, 6) is 2.54. The number of nitrogens with zero attached hydrogens (tertiary/aromatic N) is 7. The highest BCUT2D eigenvalue weighted by Crippen LogP contribution is 2.43. The number of methoxy groups -OCH3 is 1. The molecule has 1 amide bonds. The van der Waals surface area contributed by atoms with E-state index in [-0.39, 0.29) is 5.41 Å². The first kappa shape index (κ1) is 19.4. The maximum absolute atomic E-state index is 12.3. The number of halogens is 1. The third-order valence-electron chi connectivity index (χ3n) is 6.48. The van der Waals surface area contributed by atoms with Gasteiger partial charge in [0.05, 0.1) is 25.9 Å². The second kappa shape index (κ2) is 7.09. The fraction of sp³-hybridized carbons (Fsp3) is 0.364. The van der Waals surface area contributed by atoms with Crippen LogP contribution in [0.4, 0.5) is 16.6 Å². The zero-order valence-electron chi connectivity index (χ0n) is 17.6. The Kier molecular flexibility index (Phi) is 4.29. The lowest BCUT2D eigenvalue weighted by Gasteiger charge is -2.60. The lowest BCUT2D eigenvalue weighted by molar-refractivity contribution is 0.117. The van der Waals surface area contributed by atoms with Crippen molar-refractivity contribution in [2.75, 3.05) is 43.1 Å². The first-order valence-electron chi connectivity index (χ1n) is 10.5. The van der Waals surface area contributed by atoms with Gasteiger partial charge < -0.3 is 14.5 Å². The van der Waals surface area contributed by atoms with Crippen molar-refractivity contribution in [1.29, 1.82) is 0 Å². The summed E-state index contributed by atoms with van der Waals surface area (Å²) in [6.07, 6.45) is 1.43. The molecular formula is C22H22ClN7O2. The molecule has 1 aromatic carbocycles. The molecule has 164 valence electrons. The molecule has 3 aliphatic rings. The van der Waals surface area contributed by atoms with E-state index >= 15 is 0 Å². The topological polar surface area (TPSA) is 79.6 Å². The van der Waals surface area contributed by atoms with Crippen molar-refractivity contribution in [3.05, 3.63) is 59.0 Å². The minimum absolute atomic E-state index is 0.259. The molecule has 0 N–H and O–H groups in total. The van der Waals surface area contributed by atoms with Crippen molar-refractivity contribution in [3.63, 3.8) is 0 Å². The molecule has 6 rings (SSSR count). The van der Waals surface area contributed by atoms with E-state index in [0.717, 1.165) is 49.2 Å². The lowest BCUT2D eigenvalue weighted by Crippen LogP contribution is -2.73. The maximum atomic E-state index is 12.3. The van der Waals surface area contributed by atoms with Gasteiger partial charge in [0.25, 0.3) is 0 Å². The Morgan fingerprint density at radius 3 is 2.62 bits per heavy atom. The van der Waals surface area contributed by atoms with Crippen LogP contribution in [0.25, 0.3) is 5.69 Å². The van der Waals surface area contributed by atoms with E-state index in [1.165, 1.54) is 7.11 Å². The van der Waals surface area contributed by atoms with Crippen molar-refractivity contribution in [2.45, 2.75) is 13.1 Å². The van der Waals surface area contributed by atoms with E-state index in [4.69, 9.17) is 16.3 Å². The zero-order chi connectivity index (χ0) is 21.9. The summed E-state index contributed by atoms with van der Waals surface area (Å²) >= 11 is 6.27. The molecule has 3 aliphatic heterocycles. The zero-order valence-corrected chi connectivity index (χ0v) is 18.4. The molecule has 0 radical (unpaired) electrons. The number of hydrogen-bond acceptors (Lipinski definition) is 7. The molecule has 10 heteroatoms. The summed E-state index contributed by atoms with van der Waals surface area (Å²) in [5.41, 5.74) is 2.14. The van der Waals surface area contributed by atoms with E-state index in [9.17, 15) is 4.79 Å². The van der Waals surface area contributed by atoms with Crippen LogP contribution in [0.5, 0.6) is 0 Å². The number of rotatable bonds is 2. The Morgan fingerprint density at radius 2 is 1.88 bits per heavy atom. The van der Waals surface area contributed by atoms with Gasteiger partial charge in [-0.15, -0.1) is 10.2 Å². The van der Waals surface area contributed by atoms with Gasteiger partial charge in [-0.1, -0.05) is 17.7 Å². The van der Waals surface area contributed by atoms with E-state index in [1.807, 2.05) is 36.5 Å². The van der Waals surface area contributed by atoms with Crippen molar-refractivity contribution in [3.8, 4) is 5.69 Å². The quantitative estimate of drug-likeness (QED) is 0.592. The number of hydrogen-bond donors (Lipinski definition) is 0. The summed E-state index contributed by atoms with van der Waals surface area (Å²) in [6.45, 7) is 4.52. The number of benzene rings is 1. The van der Waals surface area contributed by atoms with Crippen molar-refractivity contribution >= 4 is 29.5 Å². The molecule has 5 heterocycles. The predicted molar refractivity (Wildman–Crippen MR) is 119 cm³/mol. The van der Waals surface area contributed by atoms with Crippen LogP contribution in [0.2, 0.25) is 5.02 Å². The molecular weight excluding hydrogens is 430 g/mol. The van der Waals surface area contributed by atoms with Gasteiger partial charge in [-0.3, -0.25) is 9.47 Å². The Balaban J connectivity index is 1.27. The van der Waals surface area contributed by atoms with Gasteiger partial charge in [-0.2, -0.15) is 0 Å². The minimum atomic E-state index is -0.402. The molecule has 2 saturated heterocycles. The lowest BCUT2D eigenvalue weighted by atomic mass is 9.73. The summed E-state index contributed by atoms with van der Waals surface area (Å²) in [4.78, 5) is 22.9. The highest BCUT2D eigenvalue weighted by molar-refractivity contribution is 6.30. The highest BCUT2D eigenvalue weighted by atomic mass is 35.5. The molecule has 0 atom stereocenters. The maximum Gasteiger partial charge on any atom is 0.410 e. The van der Waals surface area contributed by atoms with Crippen LogP contribution in [0.1, 0.15) is 11.4 Å². The summed E-state index contributed by atoms with van der Waals surface area (Å²) in [6, 6.07) is 11.7. The van der Waals surface area contributed by atoms with Crippen molar-refractivity contribution in [2.24, 2.45) is 5.41 Å². The number of aromatic nitrogens is 4. The van der Waals surface area contributed by atoms with Gasteiger partial charge in [0, 0.05) is 42.8 Å². The van der Waals surface area contributed by atoms with E-state index in [1.54, 1.807) is 4.90 Å². The third-order valence-corrected chi connectivity index (χ3v) is 6.72. The molecule has 2 aromatic heterocycles. The first-order chi connectivity index (χ1) is 15.5. The number of pyridine rings is 1. The molecule has 0 unspecified atom stereocenters. The van der Waals surface area contributed by atoms with E-state index < -0.39 is 6.09 Å². The Bertz CT molecular complexity index is 1180. The van der Waals surface area contributed by atoms with Gasteiger partial charge in [0.2, 0.25) is 5.95 Å². The average molecular weight is 452 g/mol. The number of amides is 1. The van der Waals surface area contributed by atoms with Crippen LogP contribution in [0.3, 0.4) is 0 Å². The van der Waals surface area contributed by atoms with Crippen molar-refractivity contribution in [1.82, 2.24) is 24.6 Å². The number of anilines is 2. The second-order valence-electron chi connectivity index (χ2n) is 8.75. The van der Waals surface area contributed by atoms with Gasteiger partial charge in [-0.05, 0) is 35.9 Å². The Hall–Kier alpha value is -3.33. The molecule has 0 bridgehead atoms. The average Bonchev–Trinajstić information content (AvgIpc) is 3.07. The molecule has 1 spiro atoms. The van der Waals surface area contributed by atoms with Crippen LogP contribution in [0.15, 0.2) is 42.6 Å². The van der Waals surface area contributed by atoms with Crippen LogP contribution in [-0.4, -0.2) is 64.0 Å². The fourth-order valence-electron chi connectivity index (χ4n) is 5.02. The molecule has 0 aliphatic carbocycles.